The lowest BCUT2D eigenvalue weighted by atomic mass is 9.75. The molecule has 1 aromatic rings. The summed E-state index contributed by atoms with van der Waals surface area (Å²) in [5.74, 6) is -0.245. The molecule has 16 heavy (non-hydrogen) atoms. The second kappa shape index (κ2) is 4.34. The van der Waals surface area contributed by atoms with E-state index in [-0.39, 0.29) is 5.82 Å². The monoisotopic (exact) mass is 222 g/mol. The largest absolute Gasteiger partial charge is 0.381 e. The van der Waals surface area contributed by atoms with Gasteiger partial charge in [-0.15, -0.1) is 0 Å². The predicted octanol–water partition coefficient (Wildman–Crippen LogP) is 2.38. The summed E-state index contributed by atoms with van der Waals surface area (Å²) in [6, 6.07) is 5.05. The van der Waals surface area contributed by atoms with E-state index in [9.17, 15) is 9.18 Å². The molecule has 0 N–H and O–H groups in total. The molecule has 0 bridgehead atoms. The minimum atomic E-state index is -0.549. The first-order valence-corrected chi connectivity index (χ1v) is 5.49. The lowest BCUT2D eigenvalue weighted by Gasteiger charge is -2.32. The van der Waals surface area contributed by atoms with E-state index in [0.29, 0.717) is 31.6 Å². The Balaban J connectivity index is 2.39. The summed E-state index contributed by atoms with van der Waals surface area (Å²) in [4.78, 5) is 11.3. The number of carbonyl (C=O) groups excluding carboxylic acids is 1. The van der Waals surface area contributed by atoms with E-state index in [0.717, 1.165) is 11.8 Å². The number of benzene rings is 1. The maximum atomic E-state index is 13.5. The zero-order chi connectivity index (χ0) is 11.6. The number of ether oxygens (including phenoxy) is 1. The first kappa shape index (κ1) is 11.3. The van der Waals surface area contributed by atoms with E-state index < -0.39 is 5.41 Å². The van der Waals surface area contributed by atoms with Crippen LogP contribution in [0.1, 0.15) is 24.0 Å². The van der Waals surface area contributed by atoms with Gasteiger partial charge in [0.2, 0.25) is 0 Å². The minimum absolute atomic E-state index is 0.245. The van der Waals surface area contributed by atoms with Crippen LogP contribution in [0.25, 0.3) is 0 Å². The number of aryl methyl sites for hydroxylation is 1. The molecule has 0 aromatic heterocycles. The van der Waals surface area contributed by atoms with Crippen LogP contribution in [0, 0.1) is 12.7 Å². The SMILES string of the molecule is Cc1ccc(C2(C=O)CCOCC2)cc1F. The Morgan fingerprint density at radius 1 is 1.38 bits per heavy atom. The summed E-state index contributed by atoms with van der Waals surface area (Å²) in [5.41, 5.74) is 0.832. The lowest BCUT2D eigenvalue weighted by Crippen LogP contribution is -2.35. The number of hydrogen-bond acceptors (Lipinski definition) is 2. The normalized spacial score (nSPS) is 19.4. The Kier molecular flexibility index (Phi) is 3.06. The number of halogens is 1. The van der Waals surface area contributed by atoms with Gasteiger partial charge in [0.25, 0.3) is 0 Å². The second-order valence-electron chi connectivity index (χ2n) is 4.35. The van der Waals surface area contributed by atoms with Crippen LogP contribution in [0.5, 0.6) is 0 Å². The standard InChI is InChI=1S/C13H15FO2/c1-10-2-3-11(8-12(10)14)13(9-15)4-6-16-7-5-13/h2-3,8-9H,4-7H2,1H3. The number of aldehydes is 1. The Labute approximate surface area is 94.4 Å². The molecule has 1 aliphatic rings. The van der Waals surface area contributed by atoms with Crippen LogP contribution in [-0.2, 0) is 14.9 Å². The molecule has 1 fully saturated rings. The van der Waals surface area contributed by atoms with Crippen molar-refractivity contribution in [1.29, 1.82) is 0 Å². The highest BCUT2D eigenvalue weighted by atomic mass is 19.1. The van der Waals surface area contributed by atoms with Gasteiger partial charge in [0.1, 0.15) is 12.1 Å². The molecule has 3 heteroatoms. The van der Waals surface area contributed by atoms with Gasteiger partial charge >= 0.3 is 0 Å². The average Bonchev–Trinajstić information content (AvgIpc) is 2.33. The van der Waals surface area contributed by atoms with Crippen molar-refractivity contribution in [3.63, 3.8) is 0 Å². The molecular formula is C13H15FO2. The topological polar surface area (TPSA) is 26.3 Å². The molecule has 0 spiro atoms. The fourth-order valence-electron chi connectivity index (χ4n) is 2.11. The third-order valence-electron chi connectivity index (χ3n) is 3.36. The summed E-state index contributed by atoms with van der Waals surface area (Å²) in [6.07, 6.45) is 2.22. The molecule has 86 valence electrons. The molecule has 0 saturated carbocycles. The van der Waals surface area contributed by atoms with Crippen molar-refractivity contribution in [2.75, 3.05) is 13.2 Å². The van der Waals surface area contributed by atoms with Crippen LogP contribution in [-0.4, -0.2) is 19.5 Å². The van der Waals surface area contributed by atoms with Gasteiger partial charge in [0, 0.05) is 13.2 Å². The Morgan fingerprint density at radius 3 is 2.62 bits per heavy atom. The predicted molar refractivity (Wildman–Crippen MR) is 58.9 cm³/mol. The minimum Gasteiger partial charge on any atom is -0.381 e. The van der Waals surface area contributed by atoms with Gasteiger partial charge in [-0.25, -0.2) is 4.39 Å². The average molecular weight is 222 g/mol. The highest BCUT2D eigenvalue weighted by Crippen LogP contribution is 2.33. The second-order valence-corrected chi connectivity index (χ2v) is 4.35. The molecule has 0 amide bonds. The molecular weight excluding hydrogens is 207 g/mol. The van der Waals surface area contributed by atoms with E-state index in [1.165, 1.54) is 6.07 Å². The van der Waals surface area contributed by atoms with Crippen LogP contribution in [0.3, 0.4) is 0 Å². The molecule has 2 nitrogen and oxygen atoms in total. The van der Waals surface area contributed by atoms with Crippen molar-refractivity contribution in [2.45, 2.75) is 25.2 Å². The van der Waals surface area contributed by atoms with E-state index in [1.807, 2.05) is 6.07 Å². The van der Waals surface area contributed by atoms with E-state index in [4.69, 9.17) is 4.74 Å². The zero-order valence-electron chi connectivity index (χ0n) is 9.33. The first-order valence-electron chi connectivity index (χ1n) is 5.49. The van der Waals surface area contributed by atoms with Gasteiger partial charge in [0.05, 0.1) is 5.41 Å². The summed E-state index contributed by atoms with van der Waals surface area (Å²) < 4.78 is 18.7. The van der Waals surface area contributed by atoms with Gasteiger partial charge in [0.15, 0.2) is 0 Å². The van der Waals surface area contributed by atoms with Crippen molar-refractivity contribution in [3.8, 4) is 0 Å². The van der Waals surface area contributed by atoms with Crippen molar-refractivity contribution < 1.29 is 13.9 Å². The third kappa shape index (κ3) is 1.87. The number of carbonyl (C=O) groups is 1. The lowest BCUT2D eigenvalue weighted by molar-refractivity contribution is -0.115. The van der Waals surface area contributed by atoms with Crippen LogP contribution in [0.4, 0.5) is 4.39 Å². The maximum Gasteiger partial charge on any atom is 0.130 e. The van der Waals surface area contributed by atoms with Gasteiger partial charge in [-0.05, 0) is 37.0 Å². The first-order chi connectivity index (χ1) is 7.68. The maximum absolute atomic E-state index is 13.5. The summed E-state index contributed by atoms with van der Waals surface area (Å²) >= 11 is 0. The molecule has 0 unspecified atom stereocenters. The fourth-order valence-corrected chi connectivity index (χ4v) is 2.11. The summed E-state index contributed by atoms with van der Waals surface area (Å²) in [5, 5.41) is 0. The van der Waals surface area contributed by atoms with E-state index in [2.05, 4.69) is 0 Å². The van der Waals surface area contributed by atoms with Gasteiger partial charge in [-0.3, -0.25) is 0 Å². The Hall–Kier alpha value is -1.22. The molecule has 1 aliphatic heterocycles. The molecule has 0 aliphatic carbocycles. The molecule has 1 saturated heterocycles. The molecule has 0 atom stereocenters. The van der Waals surface area contributed by atoms with Crippen molar-refractivity contribution in [3.05, 3.63) is 35.1 Å². The smallest absolute Gasteiger partial charge is 0.130 e. The zero-order valence-corrected chi connectivity index (χ0v) is 9.33. The van der Waals surface area contributed by atoms with Crippen molar-refractivity contribution in [2.24, 2.45) is 0 Å². The Morgan fingerprint density at radius 2 is 2.06 bits per heavy atom. The fraction of sp³-hybridized carbons (Fsp3) is 0.462. The number of hydrogen-bond donors (Lipinski definition) is 0. The molecule has 1 aromatic carbocycles. The quantitative estimate of drug-likeness (QED) is 0.718. The highest BCUT2D eigenvalue weighted by Gasteiger charge is 2.34. The number of rotatable bonds is 2. The third-order valence-corrected chi connectivity index (χ3v) is 3.36. The Bertz CT molecular complexity index is 395. The van der Waals surface area contributed by atoms with E-state index in [1.54, 1.807) is 13.0 Å². The van der Waals surface area contributed by atoms with Gasteiger partial charge in [-0.1, -0.05) is 12.1 Å². The molecule has 1 heterocycles. The van der Waals surface area contributed by atoms with E-state index >= 15 is 0 Å². The summed E-state index contributed by atoms with van der Waals surface area (Å²) in [7, 11) is 0. The van der Waals surface area contributed by atoms with Crippen LogP contribution < -0.4 is 0 Å². The molecule has 2 rings (SSSR count). The van der Waals surface area contributed by atoms with Crippen LogP contribution in [0.2, 0.25) is 0 Å². The van der Waals surface area contributed by atoms with Crippen molar-refractivity contribution >= 4 is 6.29 Å². The van der Waals surface area contributed by atoms with Gasteiger partial charge in [-0.2, -0.15) is 0 Å². The molecule has 0 radical (unpaired) electrons. The van der Waals surface area contributed by atoms with Crippen molar-refractivity contribution in [1.82, 2.24) is 0 Å². The van der Waals surface area contributed by atoms with Crippen LogP contribution in [0.15, 0.2) is 18.2 Å². The summed E-state index contributed by atoms with van der Waals surface area (Å²) in [6.45, 7) is 2.85. The van der Waals surface area contributed by atoms with Gasteiger partial charge < -0.3 is 9.53 Å². The van der Waals surface area contributed by atoms with Crippen LogP contribution >= 0.6 is 0 Å². The highest BCUT2D eigenvalue weighted by molar-refractivity contribution is 5.69.